The van der Waals surface area contributed by atoms with Gasteiger partial charge in [-0.2, -0.15) is 0 Å². The largest absolute Gasteiger partial charge is 0.508 e. The lowest BCUT2D eigenvalue weighted by Crippen LogP contribution is -2.05. The van der Waals surface area contributed by atoms with Gasteiger partial charge in [-0.05, 0) is 31.0 Å². The van der Waals surface area contributed by atoms with Crippen LogP contribution in [0.15, 0.2) is 43.0 Å². The third-order valence-electron chi connectivity index (χ3n) is 4.21. The molecule has 1 rings (SSSR count). The minimum atomic E-state index is -0.258. The molecule has 1 aromatic carbocycles. The number of hydrogen-bond donors (Lipinski definition) is 1. The van der Waals surface area contributed by atoms with Crippen molar-refractivity contribution >= 4 is 12.0 Å². The van der Waals surface area contributed by atoms with Crippen LogP contribution in [0.3, 0.4) is 0 Å². The molecule has 0 aliphatic rings. The van der Waals surface area contributed by atoms with E-state index in [2.05, 4.69) is 20.1 Å². The molecular weight excluding hydrogens is 336 g/mol. The van der Waals surface area contributed by atoms with Crippen LogP contribution >= 0.6 is 0 Å². The quantitative estimate of drug-likeness (QED) is 0.228. The summed E-state index contributed by atoms with van der Waals surface area (Å²) < 4.78 is 5.04. The van der Waals surface area contributed by atoms with Crippen molar-refractivity contribution in [1.29, 1.82) is 0 Å². The Bertz CT molecular complexity index is 517. The first-order valence-corrected chi connectivity index (χ1v) is 10.2. The maximum Gasteiger partial charge on any atom is 0.333 e. The summed E-state index contributed by atoms with van der Waals surface area (Å²) in [6, 6.07) is 6.89. The summed E-state index contributed by atoms with van der Waals surface area (Å²) in [5.41, 5.74) is 1.51. The first kappa shape index (κ1) is 25.0. The molecule has 0 spiro atoms. The average Bonchev–Trinajstić information content (AvgIpc) is 2.67. The molecule has 0 fully saturated rings. The van der Waals surface area contributed by atoms with Crippen LogP contribution in [-0.4, -0.2) is 17.7 Å². The number of aromatic hydroxyl groups is 1. The molecule has 0 radical (unpaired) electrons. The predicted molar refractivity (Wildman–Crippen MR) is 116 cm³/mol. The van der Waals surface area contributed by atoms with Crippen molar-refractivity contribution in [3.8, 4) is 5.75 Å². The molecule has 0 bridgehead atoms. The van der Waals surface area contributed by atoms with Crippen LogP contribution < -0.4 is 0 Å². The molecular formula is C24H38O3. The molecule has 0 aliphatic carbocycles. The Balaban J connectivity index is 0.000000621. The highest BCUT2D eigenvalue weighted by Gasteiger charge is 2.01. The molecule has 0 unspecified atom stereocenters. The summed E-state index contributed by atoms with van der Waals surface area (Å²) in [6.45, 7) is 11.6. The van der Waals surface area contributed by atoms with E-state index in [1.807, 2.05) is 12.1 Å². The van der Waals surface area contributed by atoms with E-state index in [1.165, 1.54) is 57.8 Å². The molecule has 0 aromatic heterocycles. The number of esters is 1. The Morgan fingerprint density at radius 3 is 1.89 bits per heavy atom. The maximum atomic E-state index is 11.1. The lowest BCUT2D eigenvalue weighted by molar-refractivity contribution is -0.139. The molecule has 27 heavy (non-hydrogen) atoms. The zero-order valence-corrected chi connectivity index (χ0v) is 17.3. The molecule has 0 saturated heterocycles. The van der Waals surface area contributed by atoms with Gasteiger partial charge in [-0.25, -0.2) is 4.79 Å². The van der Waals surface area contributed by atoms with Gasteiger partial charge in [0.15, 0.2) is 0 Å². The number of rotatable bonds is 13. The second-order valence-electron chi connectivity index (χ2n) is 6.89. The lowest BCUT2D eigenvalue weighted by Gasteiger charge is -2.04. The van der Waals surface area contributed by atoms with Gasteiger partial charge < -0.3 is 9.84 Å². The van der Waals surface area contributed by atoms with E-state index >= 15 is 0 Å². The van der Waals surface area contributed by atoms with Crippen molar-refractivity contribution in [2.24, 2.45) is 0 Å². The van der Waals surface area contributed by atoms with Crippen molar-refractivity contribution in [2.75, 3.05) is 6.61 Å². The standard InChI is InChI=1S/C16H30O2.C8H8O/c1-4-5-6-7-8-9-10-11-12-13-14-18-16(17)15(2)3;1-2-7-3-5-8(9)6-4-7/h2,4-14H2,1,3H3;2-6,9H,1H2. The van der Waals surface area contributed by atoms with E-state index in [1.54, 1.807) is 25.1 Å². The highest BCUT2D eigenvalue weighted by atomic mass is 16.5. The summed E-state index contributed by atoms with van der Waals surface area (Å²) in [5.74, 6) is 0.0338. The molecule has 0 saturated carbocycles. The van der Waals surface area contributed by atoms with Crippen molar-refractivity contribution in [3.05, 3.63) is 48.6 Å². The molecule has 0 aliphatic heterocycles. The normalized spacial score (nSPS) is 9.85. The van der Waals surface area contributed by atoms with E-state index in [0.717, 1.165) is 12.0 Å². The number of hydrogen-bond acceptors (Lipinski definition) is 3. The summed E-state index contributed by atoms with van der Waals surface area (Å²) in [4.78, 5) is 11.1. The van der Waals surface area contributed by atoms with Gasteiger partial charge in [0.2, 0.25) is 0 Å². The van der Waals surface area contributed by atoms with Gasteiger partial charge in [0, 0.05) is 5.57 Å². The summed E-state index contributed by atoms with van der Waals surface area (Å²) in [6.07, 6.45) is 14.7. The lowest BCUT2D eigenvalue weighted by atomic mass is 10.1. The zero-order valence-electron chi connectivity index (χ0n) is 17.3. The number of benzene rings is 1. The molecule has 0 amide bonds. The fraction of sp³-hybridized carbons (Fsp3) is 0.542. The Labute approximate surface area is 166 Å². The van der Waals surface area contributed by atoms with Crippen LogP contribution in [0.4, 0.5) is 0 Å². The minimum Gasteiger partial charge on any atom is -0.508 e. The number of ether oxygens (including phenoxy) is 1. The van der Waals surface area contributed by atoms with Crippen LogP contribution in [0.5, 0.6) is 5.75 Å². The van der Waals surface area contributed by atoms with Gasteiger partial charge in [0.05, 0.1) is 6.61 Å². The summed E-state index contributed by atoms with van der Waals surface area (Å²) >= 11 is 0. The number of phenols is 1. The van der Waals surface area contributed by atoms with Gasteiger partial charge in [-0.1, -0.05) is 96.1 Å². The minimum absolute atomic E-state index is 0.258. The third-order valence-corrected chi connectivity index (χ3v) is 4.21. The Hall–Kier alpha value is -2.03. The number of carbonyl (C=O) groups is 1. The number of unbranched alkanes of at least 4 members (excludes halogenated alkanes) is 9. The zero-order chi connectivity index (χ0) is 20.3. The van der Waals surface area contributed by atoms with Gasteiger partial charge in [-0.15, -0.1) is 0 Å². The van der Waals surface area contributed by atoms with Crippen molar-refractivity contribution in [2.45, 2.75) is 78.1 Å². The monoisotopic (exact) mass is 374 g/mol. The molecule has 0 atom stereocenters. The molecule has 152 valence electrons. The summed E-state index contributed by atoms with van der Waals surface area (Å²) in [5, 5.41) is 8.82. The first-order chi connectivity index (χ1) is 13.0. The second kappa shape index (κ2) is 17.4. The average molecular weight is 375 g/mol. The Morgan fingerprint density at radius 1 is 0.963 bits per heavy atom. The number of carbonyl (C=O) groups excluding carboxylic acids is 1. The van der Waals surface area contributed by atoms with Crippen molar-refractivity contribution in [3.63, 3.8) is 0 Å². The smallest absolute Gasteiger partial charge is 0.333 e. The van der Waals surface area contributed by atoms with Crippen LogP contribution in [-0.2, 0) is 9.53 Å². The fourth-order valence-electron chi connectivity index (χ4n) is 2.49. The van der Waals surface area contributed by atoms with E-state index in [4.69, 9.17) is 9.84 Å². The van der Waals surface area contributed by atoms with Crippen LogP contribution in [0, 0.1) is 0 Å². The maximum absolute atomic E-state index is 11.1. The third kappa shape index (κ3) is 15.9. The van der Waals surface area contributed by atoms with Gasteiger partial charge in [0.25, 0.3) is 0 Å². The molecule has 1 aromatic rings. The first-order valence-electron chi connectivity index (χ1n) is 10.2. The van der Waals surface area contributed by atoms with Crippen LogP contribution in [0.1, 0.15) is 83.6 Å². The van der Waals surface area contributed by atoms with Gasteiger partial charge >= 0.3 is 5.97 Å². The molecule has 3 nitrogen and oxygen atoms in total. The van der Waals surface area contributed by atoms with Gasteiger partial charge in [-0.3, -0.25) is 0 Å². The molecule has 0 heterocycles. The number of phenolic OH excluding ortho intramolecular Hbond substituents is 1. The fourth-order valence-corrected chi connectivity index (χ4v) is 2.49. The topological polar surface area (TPSA) is 46.5 Å². The van der Waals surface area contributed by atoms with Crippen LogP contribution in [0.2, 0.25) is 0 Å². The van der Waals surface area contributed by atoms with E-state index in [0.29, 0.717) is 17.9 Å². The highest BCUT2D eigenvalue weighted by molar-refractivity contribution is 5.86. The van der Waals surface area contributed by atoms with E-state index < -0.39 is 0 Å². The Morgan fingerprint density at radius 2 is 1.44 bits per heavy atom. The van der Waals surface area contributed by atoms with Crippen molar-refractivity contribution in [1.82, 2.24) is 0 Å². The van der Waals surface area contributed by atoms with E-state index in [9.17, 15) is 4.79 Å². The SMILES string of the molecule is C=C(C)C(=O)OCCCCCCCCCCCC.C=Cc1ccc(O)cc1. The summed E-state index contributed by atoms with van der Waals surface area (Å²) in [7, 11) is 0. The predicted octanol–water partition coefficient (Wildman–Crippen LogP) is 7.06. The second-order valence-corrected chi connectivity index (χ2v) is 6.89. The van der Waals surface area contributed by atoms with E-state index in [-0.39, 0.29) is 5.97 Å². The Kier molecular flexibility index (Phi) is 16.1. The van der Waals surface area contributed by atoms with Gasteiger partial charge in [0.1, 0.15) is 5.75 Å². The highest BCUT2D eigenvalue weighted by Crippen LogP contribution is 2.11. The molecule has 1 N–H and O–H groups in total. The molecule has 3 heteroatoms. The van der Waals surface area contributed by atoms with Crippen LogP contribution in [0.25, 0.3) is 6.08 Å². The van der Waals surface area contributed by atoms with Crippen molar-refractivity contribution < 1.29 is 14.6 Å².